The van der Waals surface area contributed by atoms with Gasteiger partial charge in [0.15, 0.2) is 0 Å². The van der Waals surface area contributed by atoms with Crippen LogP contribution in [0.4, 0.5) is 0 Å². The Balaban J connectivity index is 1.66. The third-order valence-corrected chi connectivity index (χ3v) is 2.99. The second-order valence-corrected chi connectivity index (χ2v) is 4.23. The van der Waals surface area contributed by atoms with Crippen molar-refractivity contribution in [3.63, 3.8) is 0 Å². The Morgan fingerprint density at radius 3 is 2.87 bits per heavy atom. The number of rotatable bonds is 4. The molecule has 1 aliphatic heterocycles. The van der Waals surface area contributed by atoms with Crippen LogP contribution in [0.25, 0.3) is 0 Å². The predicted octanol–water partition coefficient (Wildman–Crippen LogP) is 1.57. The molecule has 0 aliphatic carbocycles. The predicted molar refractivity (Wildman–Crippen MR) is 64.0 cm³/mol. The molecule has 1 aromatic carbocycles. The van der Waals surface area contributed by atoms with Gasteiger partial charge in [-0.3, -0.25) is 0 Å². The van der Waals surface area contributed by atoms with Crippen LogP contribution in [0.5, 0.6) is 0 Å². The van der Waals surface area contributed by atoms with Crippen LogP contribution in [0.2, 0.25) is 0 Å². The van der Waals surface area contributed by atoms with Crippen molar-refractivity contribution in [3.05, 3.63) is 35.9 Å². The SMILES string of the molecule is c1ccc(CCNC2CCCNC2)cc1. The van der Waals surface area contributed by atoms with Crippen LogP contribution in [0.3, 0.4) is 0 Å². The van der Waals surface area contributed by atoms with Crippen molar-refractivity contribution in [1.82, 2.24) is 10.6 Å². The van der Waals surface area contributed by atoms with Crippen LogP contribution in [0, 0.1) is 0 Å². The highest BCUT2D eigenvalue weighted by atomic mass is 15.0. The molecule has 0 aromatic heterocycles. The van der Waals surface area contributed by atoms with Gasteiger partial charge in [0.1, 0.15) is 0 Å². The van der Waals surface area contributed by atoms with E-state index >= 15 is 0 Å². The van der Waals surface area contributed by atoms with Gasteiger partial charge in [-0.05, 0) is 37.9 Å². The van der Waals surface area contributed by atoms with Crippen LogP contribution >= 0.6 is 0 Å². The Labute approximate surface area is 92.1 Å². The lowest BCUT2D eigenvalue weighted by molar-refractivity contribution is 0.392. The Hall–Kier alpha value is -0.860. The van der Waals surface area contributed by atoms with Gasteiger partial charge in [-0.15, -0.1) is 0 Å². The zero-order valence-electron chi connectivity index (χ0n) is 9.21. The van der Waals surface area contributed by atoms with Gasteiger partial charge in [-0.2, -0.15) is 0 Å². The number of piperidine rings is 1. The van der Waals surface area contributed by atoms with E-state index in [0.717, 1.165) is 19.5 Å². The fraction of sp³-hybridized carbons (Fsp3) is 0.538. The molecule has 1 aromatic rings. The summed E-state index contributed by atoms with van der Waals surface area (Å²) in [7, 11) is 0. The monoisotopic (exact) mass is 204 g/mol. The molecule has 1 atom stereocenters. The number of nitrogens with one attached hydrogen (secondary N) is 2. The lowest BCUT2D eigenvalue weighted by Crippen LogP contribution is -2.43. The largest absolute Gasteiger partial charge is 0.315 e. The molecule has 1 aliphatic rings. The molecule has 2 nitrogen and oxygen atoms in total. The van der Waals surface area contributed by atoms with Crippen LogP contribution in [0.1, 0.15) is 18.4 Å². The molecule has 2 N–H and O–H groups in total. The fourth-order valence-corrected chi connectivity index (χ4v) is 2.09. The summed E-state index contributed by atoms with van der Waals surface area (Å²) < 4.78 is 0. The maximum absolute atomic E-state index is 3.61. The van der Waals surface area contributed by atoms with Gasteiger partial charge in [-0.25, -0.2) is 0 Å². The van der Waals surface area contributed by atoms with Crippen molar-refractivity contribution in [3.8, 4) is 0 Å². The summed E-state index contributed by atoms with van der Waals surface area (Å²) in [5, 5.41) is 7.03. The van der Waals surface area contributed by atoms with Crippen molar-refractivity contribution < 1.29 is 0 Å². The zero-order valence-corrected chi connectivity index (χ0v) is 9.21. The summed E-state index contributed by atoms with van der Waals surface area (Å²) in [4.78, 5) is 0. The molecule has 1 heterocycles. The van der Waals surface area contributed by atoms with E-state index in [1.165, 1.54) is 24.9 Å². The van der Waals surface area contributed by atoms with Crippen molar-refractivity contribution >= 4 is 0 Å². The number of hydrogen-bond donors (Lipinski definition) is 2. The van der Waals surface area contributed by atoms with Gasteiger partial charge in [-0.1, -0.05) is 30.3 Å². The van der Waals surface area contributed by atoms with Crippen molar-refractivity contribution in [2.24, 2.45) is 0 Å². The molecule has 0 spiro atoms. The Bertz CT molecular complexity index is 265. The molecule has 2 heteroatoms. The van der Waals surface area contributed by atoms with Gasteiger partial charge in [0, 0.05) is 12.6 Å². The average Bonchev–Trinajstić information content (AvgIpc) is 2.32. The zero-order chi connectivity index (χ0) is 10.3. The fourth-order valence-electron chi connectivity index (χ4n) is 2.09. The molecule has 2 rings (SSSR count). The third kappa shape index (κ3) is 3.65. The summed E-state index contributed by atoms with van der Waals surface area (Å²) in [5.74, 6) is 0. The molecule has 0 amide bonds. The topological polar surface area (TPSA) is 24.1 Å². The van der Waals surface area contributed by atoms with Crippen molar-refractivity contribution in [2.45, 2.75) is 25.3 Å². The van der Waals surface area contributed by atoms with Gasteiger partial charge >= 0.3 is 0 Å². The van der Waals surface area contributed by atoms with E-state index in [-0.39, 0.29) is 0 Å². The highest BCUT2D eigenvalue weighted by Crippen LogP contribution is 2.02. The molecule has 1 fully saturated rings. The minimum atomic E-state index is 0.683. The molecular formula is C13H20N2. The number of benzene rings is 1. The maximum Gasteiger partial charge on any atom is 0.0193 e. The molecule has 0 radical (unpaired) electrons. The van der Waals surface area contributed by atoms with Crippen LogP contribution in [-0.2, 0) is 6.42 Å². The molecule has 0 saturated carbocycles. The standard InChI is InChI=1S/C13H20N2/c1-2-5-12(6-3-1)8-10-15-13-7-4-9-14-11-13/h1-3,5-6,13-15H,4,7-11H2. The second kappa shape index (κ2) is 5.89. The van der Waals surface area contributed by atoms with E-state index in [4.69, 9.17) is 0 Å². The summed E-state index contributed by atoms with van der Waals surface area (Å²) in [5.41, 5.74) is 1.42. The third-order valence-electron chi connectivity index (χ3n) is 2.99. The first-order valence-corrected chi connectivity index (χ1v) is 5.93. The van der Waals surface area contributed by atoms with Gasteiger partial charge < -0.3 is 10.6 Å². The van der Waals surface area contributed by atoms with Gasteiger partial charge in [0.25, 0.3) is 0 Å². The normalized spacial score (nSPS) is 21.5. The lowest BCUT2D eigenvalue weighted by atomic mass is 10.1. The van der Waals surface area contributed by atoms with E-state index < -0.39 is 0 Å². The first-order valence-electron chi connectivity index (χ1n) is 5.93. The Morgan fingerprint density at radius 2 is 2.13 bits per heavy atom. The number of hydrogen-bond acceptors (Lipinski definition) is 2. The summed E-state index contributed by atoms with van der Waals surface area (Å²) in [6, 6.07) is 11.4. The van der Waals surface area contributed by atoms with Gasteiger partial charge in [0.2, 0.25) is 0 Å². The highest BCUT2D eigenvalue weighted by molar-refractivity contribution is 5.14. The van der Waals surface area contributed by atoms with E-state index in [0.29, 0.717) is 6.04 Å². The highest BCUT2D eigenvalue weighted by Gasteiger charge is 2.10. The maximum atomic E-state index is 3.61. The summed E-state index contributed by atoms with van der Waals surface area (Å²) >= 11 is 0. The molecule has 82 valence electrons. The van der Waals surface area contributed by atoms with Gasteiger partial charge in [0.05, 0.1) is 0 Å². The van der Waals surface area contributed by atoms with E-state index in [1.54, 1.807) is 0 Å². The molecular weight excluding hydrogens is 184 g/mol. The lowest BCUT2D eigenvalue weighted by Gasteiger charge is -2.23. The first kappa shape index (κ1) is 10.7. The minimum Gasteiger partial charge on any atom is -0.315 e. The minimum absolute atomic E-state index is 0.683. The van der Waals surface area contributed by atoms with E-state index in [9.17, 15) is 0 Å². The Morgan fingerprint density at radius 1 is 1.27 bits per heavy atom. The van der Waals surface area contributed by atoms with Crippen LogP contribution < -0.4 is 10.6 Å². The summed E-state index contributed by atoms with van der Waals surface area (Å²) in [6.07, 6.45) is 3.77. The second-order valence-electron chi connectivity index (χ2n) is 4.23. The average molecular weight is 204 g/mol. The van der Waals surface area contributed by atoms with Crippen molar-refractivity contribution in [2.75, 3.05) is 19.6 Å². The quantitative estimate of drug-likeness (QED) is 0.778. The van der Waals surface area contributed by atoms with E-state index in [2.05, 4.69) is 41.0 Å². The molecule has 1 unspecified atom stereocenters. The molecule has 1 saturated heterocycles. The van der Waals surface area contributed by atoms with Crippen LogP contribution in [-0.4, -0.2) is 25.7 Å². The van der Waals surface area contributed by atoms with Crippen LogP contribution in [0.15, 0.2) is 30.3 Å². The molecule has 0 bridgehead atoms. The van der Waals surface area contributed by atoms with Crippen molar-refractivity contribution in [1.29, 1.82) is 0 Å². The summed E-state index contributed by atoms with van der Waals surface area (Å²) in [6.45, 7) is 3.42. The smallest absolute Gasteiger partial charge is 0.0193 e. The van der Waals surface area contributed by atoms with E-state index in [1.807, 2.05) is 0 Å². The Kier molecular flexibility index (Phi) is 4.18. The molecule has 15 heavy (non-hydrogen) atoms. The first-order chi connectivity index (χ1) is 7.45.